The fraction of sp³-hybridized carbons (Fsp3) is 0.0500. The molecule has 4 rings (SSSR count). The molecule has 0 aliphatic carbocycles. The lowest BCUT2D eigenvalue weighted by Crippen LogP contribution is -2.00. The van der Waals surface area contributed by atoms with Crippen LogP contribution in [0.3, 0.4) is 0 Å². The summed E-state index contributed by atoms with van der Waals surface area (Å²) in [6.45, 7) is 0. The van der Waals surface area contributed by atoms with E-state index < -0.39 is 0 Å². The summed E-state index contributed by atoms with van der Waals surface area (Å²) in [5, 5.41) is 33.0. The second kappa shape index (κ2) is 7.05. The summed E-state index contributed by atoms with van der Waals surface area (Å²) in [7, 11) is 0. The molecule has 0 atom stereocenters. The van der Waals surface area contributed by atoms with Gasteiger partial charge >= 0.3 is 0 Å². The van der Waals surface area contributed by atoms with Crippen LogP contribution >= 0.6 is 12.2 Å². The van der Waals surface area contributed by atoms with E-state index in [1.54, 1.807) is 6.07 Å². The Kier molecular flexibility index (Phi) is 4.43. The number of benzene rings is 3. The third-order valence-electron chi connectivity index (χ3n) is 4.22. The zero-order chi connectivity index (χ0) is 18.8. The van der Waals surface area contributed by atoms with E-state index in [1.165, 1.54) is 28.4 Å². The minimum atomic E-state index is -0.0650. The molecule has 0 fully saturated rings. The van der Waals surface area contributed by atoms with Gasteiger partial charge in [0.15, 0.2) is 5.82 Å². The minimum Gasteiger partial charge on any atom is -0.508 e. The molecule has 3 aromatic carbocycles. The smallest absolute Gasteiger partial charge is 0.216 e. The monoisotopic (exact) mass is 376 g/mol. The van der Waals surface area contributed by atoms with Crippen LogP contribution in [0.25, 0.3) is 10.8 Å². The van der Waals surface area contributed by atoms with Crippen molar-refractivity contribution in [3.05, 3.63) is 82.4 Å². The highest BCUT2D eigenvalue weighted by molar-refractivity contribution is 7.71. The van der Waals surface area contributed by atoms with Crippen LogP contribution in [-0.4, -0.2) is 31.3 Å². The zero-order valence-electron chi connectivity index (χ0n) is 14.2. The number of fused-ring (bicyclic) bond motifs is 1. The molecule has 6 nitrogen and oxygen atoms in total. The molecule has 1 aromatic heterocycles. The molecular weight excluding hydrogens is 360 g/mol. The molecular formula is C20H16N4O2S. The molecule has 7 heteroatoms. The van der Waals surface area contributed by atoms with Crippen LogP contribution in [0.1, 0.15) is 17.0 Å². The van der Waals surface area contributed by atoms with Crippen molar-refractivity contribution in [2.45, 2.75) is 6.42 Å². The molecule has 1 heterocycles. The van der Waals surface area contributed by atoms with Crippen LogP contribution in [0.15, 0.2) is 65.8 Å². The molecule has 0 bridgehead atoms. The summed E-state index contributed by atoms with van der Waals surface area (Å²) >= 11 is 5.26. The number of phenols is 2. The first-order valence-corrected chi connectivity index (χ1v) is 8.71. The Bertz CT molecular complexity index is 1210. The number of aromatic nitrogens is 3. The fourth-order valence-electron chi connectivity index (χ4n) is 2.85. The number of aromatic amines is 1. The van der Waals surface area contributed by atoms with E-state index in [0.717, 1.165) is 10.9 Å². The topological polar surface area (TPSA) is 86.4 Å². The second-order valence-corrected chi connectivity index (χ2v) is 6.49. The van der Waals surface area contributed by atoms with E-state index in [-0.39, 0.29) is 11.5 Å². The number of H-pyrrole nitrogens is 1. The number of rotatable bonds is 4. The maximum absolute atomic E-state index is 9.88. The minimum absolute atomic E-state index is 0.0124. The van der Waals surface area contributed by atoms with Gasteiger partial charge in [0.25, 0.3) is 0 Å². The van der Waals surface area contributed by atoms with E-state index in [9.17, 15) is 10.2 Å². The summed E-state index contributed by atoms with van der Waals surface area (Å²) in [6, 6.07) is 18.7. The van der Waals surface area contributed by atoms with Crippen LogP contribution in [0.5, 0.6) is 11.5 Å². The SMILES string of the molecule is Oc1ccc(/C=N/n2c(Cc3ccc4ccccc4c3)n[nH]c2=S)c(O)c1. The molecule has 134 valence electrons. The predicted octanol–water partition coefficient (Wildman–Crippen LogP) is 3.98. The number of phenolic OH excluding ortho intramolecular Hbond substituents is 2. The third-order valence-corrected chi connectivity index (χ3v) is 4.48. The number of nitrogens with zero attached hydrogens (tertiary/aromatic N) is 3. The van der Waals surface area contributed by atoms with Crippen molar-refractivity contribution in [1.29, 1.82) is 0 Å². The Morgan fingerprint density at radius 2 is 1.85 bits per heavy atom. The van der Waals surface area contributed by atoms with Gasteiger partial charge < -0.3 is 10.2 Å². The lowest BCUT2D eigenvalue weighted by molar-refractivity contribution is 0.450. The van der Waals surface area contributed by atoms with Crippen LogP contribution in [0.2, 0.25) is 0 Å². The lowest BCUT2D eigenvalue weighted by atomic mass is 10.1. The van der Waals surface area contributed by atoms with E-state index in [1.807, 2.05) is 12.1 Å². The number of nitrogens with one attached hydrogen (secondary N) is 1. The third kappa shape index (κ3) is 3.58. The second-order valence-electron chi connectivity index (χ2n) is 6.10. The highest BCUT2D eigenvalue weighted by Crippen LogP contribution is 2.21. The van der Waals surface area contributed by atoms with E-state index in [0.29, 0.717) is 22.6 Å². The van der Waals surface area contributed by atoms with Gasteiger partial charge in [0, 0.05) is 18.1 Å². The van der Waals surface area contributed by atoms with E-state index >= 15 is 0 Å². The van der Waals surface area contributed by atoms with Crippen LogP contribution < -0.4 is 0 Å². The Hall–Kier alpha value is -3.45. The number of hydrogen-bond donors (Lipinski definition) is 3. The average molecular weight is 376 g/mol. The Morgan fingerprint density at radius 1 is 1.04 bits per heavy atom. The van der Waals surface area contributed by atoms with Crippen molar-refractivity contribution in [3.8, 4) is 11.5 Å². The number of hydrogen-bond acceptors (Lipinski definition) is 5. The maximum atomic E-state index is 9.88. The van der Waals surface area contributed by atoms with Gasteiger partial charge in [-0.1, -0.05) is 42.5 Å². The molecule has 0 amide bonds. The van der Waals surface area contributed by atoms with Gasteiger partial charge in [-0.15, -0.1) is 0 Å². The largest absolute Gasteiger partial charge is 0.508 e. The Balaban J connectivity index is 1.64. The first-order chi connectivity index (χ1) is 13.1. The normalized spacial score (nSPS) is 11.4. The van der Waals surface area contributed by atoms with Gasteiger partial charge in [-0.2, -0.15) is 14.9 Å². The van der Waals surface area contributed by atoms with Gasteiger partial charge in [0.2, 0.25) is 4.77 Å². The summed E-state index contributed by atoms with van der Waals surface area (Å²) in [6.07, 6.45) is 2.03. The van der Waals surface area contributed by atoms with Gasteiger partial charge in [-0.3, -0.25) is 5.10 Å². The van der Waals surface area contributed by atoms with Crippen molar-refractivity contribution in [2.24, 2.45) is 5.10 Å². The van der Waals surface area contributed by atoms with Crippen molar-refractivity contribution >= 4 is 29.2 Å². The summed E-state index contributed by atoms with van der Waals surface area (Å²) < 4.78 is 1.89. The van der Waals surface area contributed by atoms with Crippen LogP contribution in [0, 0.1) is 4.77 Å². The molecule has 3 N–H and O–H groups in total. The highest BCUT2D eigenvalue weighted by atomic mass is 32.1. The first kappa shape index (κ1) is 17.0. The summed E-state index contributed by atoms with van der Waals surface area (Å²) in [4.78, 5) is 0. The zero-order valence-corrected chi connectivity index (χ0v) is 15.0. The van der Waals surface area contributed by atoms with E-state index in [4.69, 9.17) is 12.2 Å². The molecule has 0 saturated carbocycles. The molecule has 4 aromatic rings. The fourth-order valence-corrected chi connectivity index (χ4v) is 3.05. The molecule has 0 aliphatic heterocycles. The van der Waals surface area contributed by atoms with Crippen molar-refractivity contribution < 1.29 is 10.2 Å². The molecule has 0 radical (unpaired) electrons. The Morgan fingerprint density at radius 3 is 2.67 bits per heavy atom. The standard InChI is InChI=1S/C20H16N4O2S/c25-17-8-7-16(18(26)11-17)12-21-24-19(22-23-20(24)27)10-13-5-6-14-3-1-2-4-15(14)9-13/h1-9,11-12,25-26H,10H2,(H,23,27)/b21-12+. The predicted molar refractivity (Wildman–Crippen MR) is 107 cm³/mol. The molecule has 27 heavy (non-hydrogen) atoms. The summed E-state index contributed by atoms with van der Waals surface area (Å²) in [5.74, 6) is 0.580. The van der Waals surface area contributed by atoms with Gasteiger partial charge in [-0.25, -0.2) is 0 Å². The first-order valence-electron chi connectivity index (χ1n) is 8.30. The quantitative estimate of drug-likeness (QED) is 0.371. The Labute approximate surface area is 160 Å². The van der Waals surface area contributed by atoms with Gasteiger partial charge in [-0.05, 0) is 40.7 Å². The average Bonchev–Trinajstić information content (AvgIpc) is 3.00. The number of aromatic hydroxyl groups is 2. The molecule has 0 aliphatic rings. The molecule has 0 spiro atoms. The molecule has 0 saturated heterocycles. The highest BCUT2D eigenvalue weighted by Gasteiger charge is 2.08. The maximum Gasteiger partial charge on any atom is 0.216 e. The van der Waals surface area contributed by atoms with E-state index in [2.05, 4.69) is 45.6 Å². The van der Waals surface area contributed by atoms with Crippen molar-refractivity contribution in [1.82, 2.24) is 14.9 Å². The van der Waals surface area contributed by atoms with Crippen molar-refractivity contribution in [2.75, 3.05) is 0 Å². The molecule has 0 unspecified atom stereocenters. The van der Waals surface area contributed by atoms with Gasteiger partial charge in [0.05, 0.1) is 6.21 Å². The van der Waals surface area contributed by atoms with Gasteiger partial charge in [0.1, 0.15) is 11.5 Å². The van der Waals surface area contributed by atoms with Crippen LogP contribution in [-0.2, 0) is 6.42 Å². The summed E-state index contributed by atoms with van der Waals surface area (Å²) in [5.41, 5.74) is 1.55. The lowest BCUT2D eigenvalue weighted by Gasteiger charge is -2.04. The van der Waals surface area contributed by atoms with Crippen molar-refractivity contribution in [3.63, 3.8) is 0 Å². The van der Waals surface area contributed by atoms with Crippen LogP contribution in [0.4, 0.5) is 0 Å².